The van der Waals surface area contributed by atoms with E-state index in [0.717, 1.165) is 24.0 Å². The molecule has 1 aromatic carbocycles. The van der Waals surface area contributed by atoms with E-state index in [1.807, 2.05) is 31.2 Å². The lowest BCUT2D eigenvalue weighted by Gasteiger charge is -2.28. The molecule has 0 spiro atoms. The quantitative estimate of drug-likeness (QED) is 0.674. The molecule has 5 heteroatoms. The van der Waals surface area contributed by atoms with Crippen molar-refractivity contribution >= 4 is 11.9 Å². The van der Waals surface area contributed by atoms with E-state index in [9.17, 15) is 9.59 Å². The Kier molecular flexibility index (Phi) is 4.96. The van der Waals surface area contributed by atoms with Crippen molar-refractivity contribution in [2.24, 2.45) is 5.73 Å². The zero-order valence-electron chi connectivity index (χ0n) is 12.5. The molecule has 0 bridgehead atoms. The van der Waals surface area contributed by atoms with Gasteiger partial charge in [-0.05, 0) is 37.8 Å². The number of hydrogen-bond acceptors (Lipinski definition) is 4. The maximum Gasteiger partial charge on any atom is 0.332 e. The molecule has 5 nitrogen and oxygen atoms in total. The molecule has 2 atom stereocenters. The Morgan fingerprint density at radius 2 is 2.14 bits per heavy atom. The summed E-state index contributed by atoms with van der Waals surface area (Å²) in [6.07, 6.45) is 1.81. The monoisotopic (exact) mass is 290 g/mol. The van der Waals surface area contributed by atoms with Crippen molar-refractivity contribution in [3.8, 4) is 0 Å². The third-order valence-corrected chi connectivity index (χ3v) is 3.89. The van der Waals surface area contributed by atoms with Crippen molar-refractivity contribution in [1.29, 1.82) is 0 Å². The topological polar surface area (TPSA) is 72.6 Å². The van der Waals surface area contributed by atoms with Crippen LogP contribution in [0.2, 0.25) is 0 Å². The molecule has 114 valence electrons. The van der Waals surface area contributed by atoms with E-state index in [4.69, 9.17) is 10.5 Å². The van der Waals surface area contributed by atoms with Crippen LogP contribution in [0.3, 0.4) is 0 Å². The molecule has 1 heterocycles. The SMILES string of the molecule is CCOC(=O)C(N)C(=O)N1CCCC1c1ccccc1C. The van der Waals surface area contributed by atoms with Crippen molar-refractivity contribution in [3.05, 3.63) is 35.4 Å². The van der Waals surface area contributed by atoms with Gasteiger partial charge in [0.05, 0.1) is 12.6 Å². The average Bonchev–Trinajstić information content (AvgIpc) is 2.95. The van der Waals surface area contributed by atoms with Crippen LogP contribution in [0, 0.1) is 6.92 Å². The Hall–Kier alpha value is -1.88. The molecule has 0 aliphatic carbocycles. The highest BCUT2D eigenvalue weighted by molar-refractivity contribution is 6.01. The van der Waals surface area contributed by atoms with Crippen LogP contribution in [0.15, 0.2) is 24.3 Å². The number of likely N-dealkylation sites (tertiary alicyclic amines) is 1. The molecule has 21 heavy (non-hydrogen) atoms. The van der Waals surface area contributed by atoms with Crippen LogP contribution in [0.4, 0.5) is 0 Å². The largest absolute Gasteiger partial charge is 0.464 e. The number of ether oxygens (including phenoxy) is 1. The van der Waals surface area contributed by atoms with Gasteiger partial charge in [-0.15, -0.1) is 0 Å². The van der Waals surface area contributed by atoms with Crippen molar-refractivity contribution in [1.82, 2.24) is 4.90 Å². The van der Waals surface area contributed by atoms with Crippen molar-refractivity contribution in [3.63, 3.8) is 0 Å². The Bertz CT molecular complexity index is 530. The van der Waals surface area contributed by atoms with Crippen LogP contribution in [0.1, 0.15) is 36.9 Å². The van der Waals surface area contributed by atoms with E-state index < -0.39 is 12.0 Å². The lowest BCUT2D eigenvalue weighted by molar-refractivity contribution is -0.151. The van der Waals surface area contributed by atoms with Gasteiger partial charge in [-0.1, -0.05) is 24.3 Å². The molecule has 1 fully saturated rings. The first-order valence-corrected chi connectivity index (χ1v) is 7.34. The number of rotatable bonds is 4. The van der Waals surface area contributed by atoms with Gasteiger partial charge in [-0.25, -0.2) is 4.79 Å². The fourth-order valence-corrected chi connectivity index (χ4v) is 2.83. The number of carbonyl (C=O) groups is 2. The highest BCUT2D eigenvalue weighted by Crippen LogP contribution is 2.33. The van der Waals surface area contributed by atoms with Gasteiger partial charge < -0.3 is 15.4 Å². The summed E-state index contributed by atoms with van der Waals surface area (Å²) in [5.74, 6) is -1.00. The lowest BCUT2D eigenvalue weighted by atomic mass is 9.99. The fourth-order valence-electron chi connectivity index (χ4n) is 2.83. The molecule has 2 unspecified atom stereocenters. The molecule has 0 radical (unpaired) electrons. The zero-order valence-corrected chi connectivity index (χ0v) is 12.5. The summed E-state index contributed by atoms with van der Waals surface area (Å²) in [7, 11) is 0. The highest BCUT2D eigenvalue weighted by Gasteiger charge is 2.36. The summed E-state index contributed by atoms with van der Waals surface area (Å²) in [6.45, 7) is 4.58. The van der Waals surface area contributed by atoms with Gasteiger partial charge in [0, 0.05) is 6.54 Å². The summed E-state index contributed by atoms with van der Waals surface area (Å²) < 4.78 is 4.84. The first-order valence-electron chi connectivity index (χ1n) is 7.34. The van der Waals surface area contributed by atoms with Crippen LogP contribution in [-0.2, 0) is 14.3 Å². The number of aryl methyl sites for hydroxylation is 1. The van der Waals surface area contributed by atoms with Gasteiger partial charge in [0.2, 0.25) is 0 Å². The number of esters is 1. The molecule has 0 aromatic heterocycles. The first-order chi connectivity index (χ1) is 10.1. The second kappa shape index (κ2) is 6.72. The fraction of sp³-hybridized carbons (Fsp3) is 0.500. The van der Waals surface area contributed by atoms with E-state index in [-0.39, 0.29) is 18.6 Å². The number of amides is 1. The molecule has 1 aromatic rings. The summed E-state index contributed by atoms with van der Waals surface area (Å²) >= 11 is 0. The number of nitrogens with two attached hydrogens (primary N) is 1. The molecule has 2 rings (SSSR count). The Balaban J connectivity index is 2.17. The third kappa shape index (κ3) is 3.24. The van der Waals surface area contributed by atoms with Gasteiger partial charge in [0.25, 0.3) is 5.91 Å². The summed E-state index contributed by atoms with van der Waals surface area (Å²) in [6, 6.07) is 6.77. The molecule has 2 N–H and O–H groups in total. The lowest BCUT2D eigenvalue weighted by Crippen LogP contribution is -2.48. The molecule has 1 aliphatic rings. The minimum absolute atomic E-state index is 0.000762. The summed E-state index contributed by atoms with van der Waals surface area (Å²) in [5.41, 5.74) is 8.01. The van der Waals surface area contributed by atoms with Crippen LogP contribution in [0.5, 0.6) is 0 Å². The van der Waals surface area contributed by atoms with Crippen LogP contribution < -0.4 is 5.73 Å². The molecule has 0 saturated carbocycles. The highest BCUT2D eigenvalue weighted by atomic mass is 16.5. The van der Waals surface area contributed by atoms with E-state index in [1.165, 1.54) is 0 Å². The average molecular weight is 290 g/mol. The van der Waals surface area contributed by atoms with Gasteiger partial charge in [0.15, 0.2) is 6.04 Å². The van der Waals surface area contributed by atoms with Crippen LogP contribution in [0.25, 0.3) is 0 Å². The standard InChI is InChI=1S/C16H22N2O3/c1-3-21-16(20)14(17)15(19)18-10-6-9-13(18)12-8-5-4-7-11(12)2/h4-5,7-8,13-14H,3,6,9-10,17H2,1-2H3. The smallest absolute Gasteiger partial charge is 0.332 e. The number of hydrogen-bond donors (Lipinski definition) is 1. The van der Waals surface area contributed by atoms with Gasteiger partial charge in [-0.3, -0.25) is 4.79 Å². The van der Waals surface area contributed by atoms with Gasteiger partial charge in [-0.2, -0.15) is 0 Å². The maximum absolute atomic E-state index is 12.5. The Labute approximate surface area is 125 Å². The second-order valence-electron chi connectivity index (χ2n) is 5.28. The number of nitrogens with zero attached hydrogens (tertiary/aromatic N) is 1. The van der Waals surface area contributed by atoms with E-state index >= 15 is 0 Å². The maximum atomic E-state index is 12.5. The van der Waals surface area contributed by atoms with E-state index in [1.54, 1.807) is 11.8 Å². The number of benzene rings is 1. The third-order valence-electron chi connectivity index (χ3n) is 3.89. The minimum Gasteiger partial charge on any atom is -0.464 e. The zero-order chi connectivity index (χ0) is 15.4. The van der Waals surface area contributed by atoms with Gasteiger partial charge in [0.1, 0.15) is 0 Å². The molecule has 1 amide bonds. The molecular weight excluding hydrogens is 268 g/mol. The molecule has 1 aliphatic heterocycles. The van der Waals surface area contributed by atoms with Gasteiger partial charge >= 0.3 is 5.97 Å². The van der Waals surface area contributed by atoms with Crippen molar-refractivity contribution < 1.29 is 14.3 Å². The molecular formula is C16H22N2O3. The predicted octanol–water partition coefficient (Wildman–Crippen LogP) is 1.55. The molecule has 1 saturated heterocycles. The normalized spacial score (nSPS) is 19.4. The Morgan fingerprint density at radius 1 is 1.43 bits per heavy atom. The van der Waals surface area contributed by atoms with Crippen molar-refractivity contribution in [2.75, 3.05) is 13.2 Å². The second-order valence-corrected chi connectivity index (χ2v) is 5.28. The number of carbonyl (C=O) groups excluding carboxylic acids is 2. The summed E-state index contributed by atoms with van der Waals surface area (Å²) in [4.78, 5) is 25.8. The predicted molar refractivity (Wildman–Crippen MR) is 79.5 cm³/mol. The van der Waals surface area contributed by atoms with Crippen LogP contribution in [-0.4, -0.2) is 36.0 Å². The minimum atomic E-state index is -1.23. The van der Waals surface area contributed by atoms with E-state index in [0.29, 0.717) is 6.54 Å². The first kappa shape index (κ1) is 15.5. The van der Waals surface area contributed by atoms with Crippen molar-refractivity contribution in [2.45, 2.75) is 38.8 Å². The Morgan fingerprint density at radius 3 is 2.81 bits per heavy atom. The summed E-state index contributed by atoms with van der Waals surface area (Å²) in [5, 5.41) is 0. The van der Waals surface area contributed by atoms with E-state index in [2.05, 4.69) is 0 Å². The van der Waals surface area contributed by atoms with Crippen LogP contribution >= 0.6 is 0 Å².